The van der Waals surface area contributed by atoms with E-state index in [2.05, 4.69) is 30.7 Å². The van der Waals surface area contributed by atoms with Crippen LogP contribution in [0.5, 0.6) is 0 Å². The highest BCUT2D eigenvalue weighted by atomic mass is 35.5. The summed E-state index contributed by atoms with van der Waals surface area (Å²) in [6.45, 7) is 5.31. The van der Waals surface area contributed by atoms with E-state index in [0.29, 0.717) is 40.4 Å². The number of aryl methyl sites for hydroxylation is 2. The molecule has 10 heteroatoms. The molecule has 34 heavy (non-hydrogen) atoms. The van der Waals surface area contributed by atoms with Gasteiger partial charge in [-0.3, -0.25) is 4.79 Å². The number of anilines is 1. The second-order valence-electron chi connectivity index (χ2n) is 8.72. The van der Waals surface area contributed by atoms with E-state index in [1.54, 1.807) is 23.0 Å². The Labute approximate surface area is 201 Å². The Kier molecular flexibility index (Phi) is 6.07. The molecule has 2 atom stereocenters. The van der Waals surface area contributed by atoms with Crippen LogP contribution in [-0.4, -0.2) is 55.1 Å². The van der Waals surface area contributed by atoms with Gasteiger partial charge in [0.05, 0.1) is 39.5 Å². The number of aromatic nitrogens is 5. The van der Waals surface area contributed by atoms with E-state index in [4.69, 9.17) is 11.6 Å². The zero-order valence-corrected chi connectivity index (χ0v) is 19.7. The van der Waals surface area contributed by atoms with Gasteiger partial charge >= 0.3 is 0 Å². The molecule has 0 unspecified atom stereocenters. The van der Waals surface area contributed by atoms with Gasteiger partial charge in [-0.15, -0.1) is 0 Å². The zero-order chi connectivity index (χ0) is 23.8. The number of rotatable bonds is 5. The van der Waals surface area contributed by atoms with E-state index in [-0.39, 0.29) is 11.6 Å². The minimum Gasteiger partial charge on any atom is -0.390 e. The summed E-state index contributed by atoms with van der Waals surface area (Å²) in [7, 11) is 0. The van der Waals surface area contributed by atoms with Gasteiger partial charge in [0.1, 0.15) is 5.82 Å². The molecule has 0 spiro atoms. The van der Waals surface area contributed by atoms with Crippen molar-refractivity contribution in [3.63, 3.8) is 0 Å². The van der Waals surface area contributed by atoms with Crippen molar-refractivity contribution in [2.75, 3.05) is 18.4 Å². The van der Waals surface area contributed by atoms with Crippen LogP contribution in [0.1, 0.15) is 29.1 Å². The highest BCUT2D eigenvalue weighted by Crippen LogP contribution is 2.28. The van der Waals surface area contributed by atoms with Gasteiger partial charge in [0.25, 0.3) is 5.56 Å². The minimum absolute atomic E-state index is 0.121. The molecule has 1 aliphatic heterocycles. The van der Waals surface area contributed by atoms with Crippen molar-refractivity contribution < 1.29 is 5.11 Å². The maximum absolute atomic E-state index is 12.7. The number of β-amino-alcohol motifs (C(OH)–C–C–N with tert-alkyl or cyclic N) is 1. The van der Waals surface area contributed by atoms with Gasteiger partial charge in [0, 0.05) is 25.4 Å². The topological polar surface area (TPSA) is 121 Å². The Bertz CT molecular complexity index is 1380. The number of hydrogen-bond acceptors (Lipinski definition) is 7. The molecule has 0 radical (unpaired) electrons. The summed E-state index contributed by atoms with van der Waals surface area (Å²) in [6, 6.07) is 7.12. The highest BCUT2D eigenvalue weighted by Gasteiger charge is 2.23. The Morgan fingerprint density at radius 1 is 1.29 bits per heavy atom. The first kappa shape index (κ1) is 22.5. The van der Waals surface area contributed by atoms with Gasteiger partial charge in [-0.25, -0.2) is 14.6 Å². The number of halogens is 1. The molecular formula is C24H26ClN7O2. The van der Waals surface area contributed by atoms with Gasteiger partial charge in [0.2, 0.25) is 0 Å². The predicted octanol–water partition coefficient (Wildman–Crippen LogP) is 2.50. The number of hydrogen-bond donors (Lipinski definition) is 4. The molecule has 5 rings (SSSR count). The van der Waals surface area contributed by atoms with Crippen molar-refractivity contribution in [3.8, 4) is 5.82 Å². The molecule has 9 nitrogen and oxygen atoms in total. The molecule has 176 valence electrons. The van der Waals surface area contributed by atoms with Crippen molar-refractivity contribution in [2.45, 2.75) is 38.8 Å². The third-order valence-electron chi connectivity index (χ3n) is 6.19. The summed E-state index contributed by atoms with van der Waals surface area (Å²) in [5.74, 6) is 1.26. The number of benzene rings is 1. The third-order valence-corrected chi connectivity index (χ3v) is 6.51. The van der Waals surface area contributed by atoms with Crippen molar-refractivity contribution in [1.82, 2.24) is 30.0 Å². The Hall–Kier alpha value is -3.27. The maximum atomic E-state index is 12.7. The van der Waals surface area contributed by atoms with Crippen molar-refractivity contribution in [1.29, 1.82) is 0 Å². The number of piperidine rings is 1. The van der Waals surface area contributed by atoms with Gasteiger partial charge in [0.15, 0.2) is 5.82 Å². The first-order chi connectivity index (χ1) is 16.4. The monoisotopic (exact) mass is 479 g/mol. The summed E-state index contributed by atoms with van der Waals surface area (Å²) < 4.78 is 1.75. The van der Waals surface area contributed by atoms with Gasteiger partial charge < -0.3 is 20.7 Å². The van der Waals surface area contributed by atoms with Crippen LogP contribution in [0.3, 0.4) is 0 Å². The largest absolute Gasteiger partial charge is 0.390 e. The van der Waals surface area contributed by atoms with E-state index in [0.717, 1.165) is 35.6 Å². The molecule has 0 bridgehead atoms. The van der Waals surface area contributed by atoms with Crippen LogP contribution in [0.4, 0.5) is 5.69 Å². The molecule has 1 aliphatic rings. The fraction of sp³-hybridized carbons (Fsp3) is 0.333. The molecular weight excluding hydrogens is 454 g/mol. The Balaban J connectivity index is 1.40. The smallest absolute Gasteiger partial charge is 0.258 e. The summed E-state index contributed by atoms with van der Waals surface area (Å²) in [5, 5.41) is 22.0. The first-order valence-corrected chi connectivity index (χ1v) is 11.6. The molecule has 4 heterocycles. The van der Waals surface area contributed by atoms with Crippen molar-refractivity contribution >= 4 is 28.2 Å². The number of H-pyrrole nitrogens is 1. The van der Waals surface area contributed by atoms with Gasteiger partial charge in [-0.2, -0.15) is 5.10 Å². The molecule has 3 aromatic heterocycles. The number of nitrogens with zero attached hydrogens (tertiary/aromatic N) is 4. The lowest BCUT2D eigenvalue weighted by molar-refractivity contribution is 0.128. The van der Waals surface area contributed by atoms with E-state index in [1.807, 2.05) is 32.2 Å². The lowest BCUT2D eigenvalue weighted by Crippen LogP contribution is -2.47. The maximum Gasteiger partial charge on any atom is 0.258 e. The number of fused-ring (bicyclic) bond motifs is 1. The second kappa shape index (κ2) is 9.17. The third kappa shape index (κ3) is 4.54. The number of aliphatic hydroxyl groups excluding tert-OH is 1. The highest BCUT2D eigenvalue weighted by molar-refractivity contribution is 6.34. The van der Waals surface area contributed by atoms with E-state index in [9.17, 15) is 9.90 Å². The lowest BCUT2D eigenvalue weighted by atomic mass is 10.0. The summed E-state index contributed by atoms with van der Waals surface area (Å²) in [6.07, 6.45) is 4.38. The molecule has 0 amide bonds. The standard InChI is InChI=1S/C24H26ClN7O2/c1-13-12-32(31-14(13)2)23-4-3-15(10-27-23)7-22-29-19-9-20(17(25)8-16(19)24(34)30-22)28-18-5-6-26-11-21(18)33/h3-4,8-10,12,18,21,26,28,33H,5-7,11H2,1-2H3,(H,29,30,34)/t18-,21+/m0/s1. The van der Waals surface area contributed by atoms with Crippen LogP contribution >= 0.6 is 11.6 Å². The van der Waals surface area contributed by atoms with Gasteiger partial charge in [-0.1, -0.05) is 17.7 Å². The summed E-state index contributed by atoms with van der Waals surface area (Å²) in [5.41, 5.74) is 3.93. The molecule has 1 aromatic carbocycles. The van der Waals surface area contributed by atoms with Crippen LogP contribution in [-0.2, 0) is 6.42 Å². The predicted molar refractivity (Wildman–Crippen MR) is 132 cm³/mol. The fourth-order valence-corrected chi connectivity index (χ4v) is 4.34. The first-order valence-electron chi connectivity index (χ1n) is 11.2. The number of aliphatic hydroxyl groups is 1. The molecule has 1 fully saturated rings. The average molecular weight is 480 g/mol. The SMILES string of the molecule is Cc1cn(-c2ccc(Cc3nc4cc(N[C@H]5CCNC[C@H]5O)c(Cl)cc4c(=O)[nH]3)cn2)nc1C. The minimum atomic E-state index is -0.520. The summed E-state index contributed by atoms with van der Waals surface area (Å²) >= 11 is 6.43. The van der Waals surface area contributed by atoms with Crippen LogP contribution in [0, 0.1) is 13.8 Å². The van der Waals surface area contributed by atoms with Crippen LogP contribution in [0.25, 0.3) is 16.7 Å². The van der Waals surface area contributed by atoms with Crippen molar-refractivity contribution in [2.24, 2.45) is 0 Å². The van der Waals surface area contributed by atoms with Crippen molar-refractivity contribution in [3.05, 3.63) is 74.7 Å². The average Bonchev–Trinajstić information content (AvgIpc) is 3.15. The van der Waals surface area contributed by atoms with E-state index >= 15 is 0 Å². The molecule has 1 saturated heterocycles. The zero-order valence-electron chi connectivity index (χ0n) is 19.0. The Morgan fingerprint density at radius 2 is 2.15 bits per heavy atom. The quantitative estimate of drug-likeness (QED) is 0.347. The van der Waals surface area contributed by atoms with E-state index < -0.39 is 6.10 Å². The molecule has 4 aromatic rings. The summed E-state index contributed by atoms with van der Waals surface area (Å²) in [4.78, 5) is 24.7. The number of aromatic amines is 1. The van der Waals surface area contributed by atoms with Crippen LogP contribution in [0.2, 0.25) is 5.02 Å². The lowest BCUT2D eigenvalue weighted by Gasteiger charge is -2.30. The van der Waals surface area contributed by atoms with Crippen LogP contribution in [0.15, 0.2) is 41.5 Å². The molecule has 0 saturated carbocycles. The van der Waals surface area contributed by atoms with E-state index in [1.165, 1.54) is 0 Å². The normalized spacial score (nSPS) is 18.4. The van der Waals surface area contributed by atoms with Crippen LogP contribution < -0.4 is 16.2 Å². The Morgan fingerprint density at radius 3 is 2.85 bits per heavy atom. The molecule has 0 aliphatic carbocycles. The molecule has 4 N–H and O–H groups in total. The van der Waals surface area contributed by atoms with Gasteiger partial charge in [-0.05, 0) is 56.1 Å². The number of nitrogens with one attached hydrogen (secondary N) is 3. The fourth-order valence-electron chi connectivity index (χ4n) is 4.13. The number of pyridine rings is 1. The second-order valence-corrected chi connectivity index (χ2v) is 9.12.